The first-order valence-electron chi connectivity index (χ1n) is 6.23. The van der Waals surface area contributed by atoms with E-state index in [0.717, 1.165) is 0 Å². The molecule has 0 unspecified atom stereocenters. The molecule has 3 rings (SSSR count). The van der Waals surface area contributed by atoms with Crippen LogP contribution < -0.4 is 0 Å². The molecule has 3 aromatic carbocycles. The quantitative estimate of drug-likeness (QED) is 0.501. The number of rotatable bonds is 0. The summed E-state index contributed by atoms with van der Waals surface area (Å²) >= 11 is 0. The van der Waals surface area contributed by atoms with E-state index in [0.29, 0.717) is 0 Å². The van der Waals surface area contributed by atoms with Gasteiger partial charge in [0.25, 0.3) is 0 Å². The van der Waals surface area contributed by atoms with Crippen molar-refractivity contribution in [1.29, 1.82) is 0 Å². The van der Waals surface area contributed by atoms with Crippen LogP contribution in [0.4, 0.5) is 0 Å². The van der Waals surface area contributed by atoms with E-state index in [-0.39, 0.29) is 26.2 Å². The van der Waals surface area contributed by atoms with Crippen LogP contribution in [0.25, 0.3) is 0 Å². The number of hydrogen-bond acceptors (Lipinski definition) is 0. The van der Waals surface area contributed by atoms with Gasteiger partial charge in [-0.05, 0) is 0 Å². The molecule has 3 aromatic rings. The normalized spacial score (nSPS) is 8.37. The second-order valence-electron chi connectivity index (χ2n) is 4.39. The third kappa shape index (κ3) is 9.50. The molecule has 19 heavy (non-hydrogen) atoms. The van der Waals surface area contributed by atoms with Gasteiger partial charge in [-0.1, -0.05) is 20.8 Å². The maximum absolute atomic E-state index is 2.08. The zero-order chi connectivity index (χ0) is 13.2. The van der Waals surface area contributed by atoms with Crippen LogP contribution in [0.2, 0.25) is 0 Å². The van der Waals surface area contributed by atoms with Crippen molar-refractivity contribution in [3.8, 4) is 0 Å². The first-order chi connectivity index (χ1) is 8.68. The monoisotopic (exact) mass is 327 g/mol. The Morgan fingerprint density at radius 2 is 0.579 bits per heavy atom. The SMILES string of the molecule is C[c-]1cccc1.C[c-]1cccc1.C[c-]1cccc1.[Zr+3]. The minimum absolute atomic E-state index is 0. The molecule has 0 aliphatic carbocycles. The zero-order valence-corrected chi connectivity index (χ0v) is 14.4. The summed E-state index contributed by atoms with van der Waals surface area (Å²) in [7, 11) is 0. The molecule has 0 spiro atoms. The molecule has 0 aliphatic rings. The Labute approximate surface area is 136 Å². The van der Waals surface area contributed by atoms with Gasteiger partial charge < -0.3 is 0 Å². The topological polar surface area (TPSA) is 0 Å². The smallest absolute Gasteiger partial charge is 0.213 e. The molecule has 0 aliphatic heterocycles. The molecular formula is C18H21Zr. The molecule has 0 atom stereocenters. The Morgan fingerprint density at radius 3 is 0.632 bits per heavy atom. The average molecular weight is 329 g/mol. The maximum Gasteiger partial charge on any atom is 3.00 e. The van der Waals surface area contributed by atoms with Crippen molar-refractivity contribution < 1.29 is 26.2 Å². The minimum Gasteiger partial charge on any atom is -0.213 e. The number of hydrogen-bond donors (Lipinski definition) is 0. The Balaban J connectivity index is 0.000000249. The Bertz CT molecular complexity index is 393. The molecule has 1 radical (unpaired) electrons. The van der Waals surface area contributed by atoms with E-state index in [1.54, 1.807) is 0 Å². The van der Waals surface area contributed by atoms with Gasteiger partial charge >= 0.3 is 26.2 Å². The van der Waals surface area contributed by atoms with Crippen molar-refractivity contribution in [3.05, 3.63) is 89.5 Å². The van der Waals surface area contributed by atoms with Crippen LogP contribution in [0.1, 0.15) is 16.7 Å². The molecule has 0 saturated carbocycles. The Morgan fingerprint density at radius 1 is 0.421 bits per heavy atom. The van der Waals surface area contributed by atoms with Gasteiger partial charge in [0.1, 0.15) is 0 Å². The summed E-state index contributed by atoms with van der Waals surface area (Å²) in [6, 6.07) is 24.7. The molecule has 0 bridgehead atoms. The molecule has 1 heteroatoms. The van der Waals surface area contributed by atoms with Gasteiger partial charge in [0.05, 0.1) is 0 Å². The summed E-state index contributed by atoms with van der Waals surface area (Å²) in [4.78, 5) is 0. The van der Waals surface area contributed by atoms with Crippen LogP contribution >= 0.6 is 0 Å². The van der Waals surface area contributed by atoms with E-state index in [1.807, 2.05) is 36.4 Å². The van der Waals surface area contributed by atoms with Crippen LogP contribution in [0.5, 0.6) is 0 Å². The van der Waals surface area contributed by atoms with Crippen LogP contribution in [0, 0.1) is 20.8 Å². The average Bonchev–Trinajstić information content (AvgIpc) is 3.05. The van der Waals surface area contributed by atoms with Gasteiger partial charge in [-0.15, -0.1) is 0 Å². The predicted octanol–water partition coefficient (Wildman–Crippen LogP) is 5.14. The molecular weight excluding hydrogens is 307 g/mol. The fraction of sp³-hybridized carbons (Fsp3) is 0.167. The predicted molar refractivity (Wildman–Crippen MR) is 80.3 cm³/mol. The van der Waals surface area contributed by atoms with Crippen molar-refractivity contribution in [2.45, 2.75) is 20.8 Å². The maximum atomic E-state index is 2.08. The Hall–Kier alpha value is -1.07. The molecule has 0 saturated heterocycles. The minimum atomic E-state index is 0. The van der Waals surface area contributed by atoms with Crippen molar-refractivity contribution in [2.24, 2.45) is 0 Å². The molecule has 0 heterocycles. The van der Waals surface area contributed by atoms with E-state index in [1.165, 1.54) is 16.7 Å². The van der Waals surface area contributed by atoms with Gasteiger partial charge in [0, 0.05) is 0 Å². The van der Waals surface area contributed by atoms with Crippen molar-refractivity contribution >= 4 is 0 Å². The van der Waals surface area contributed by atoms with Crippen LogP contribution in [-0.2, 0) is 26.2 Å². The van der Waals surface area contributed by atoms with Gasteiger partial charge in [-0.2, -0.15) is 53.1 Å². The molecule has 0 N–H and O–H groups in total. The van der Waals surface area contributed by atoms with E-state index in [4.69, 9.17) is 0 Å². The number of aryl methyl sites for hydroxylation is 3. The summed E-state index contributed by atoms with van der Waals surface area (Å²) in [6.45, 7) is 6.25. The van der Waals surface area contributed by atoms with Crippen LogP contribution in [0.3, 0.4) is 0 Å². The summed E-state index contributed by atoms with van der Waals surface area (Å²) in [5, 5.41) is 0. The van der Waals surface area contributed by atoms with Gasteiger partial charge in [0.15, 0.2) is 0 Å². The second-order valence-corrected chi connectivity index (χ2v) is 4.39. The van der Waals surface area contributed by atoms with E-state index in [2.05, 4.69) is 57.2 Å². The molecule has 97 valence electrons. The molecule has 0 nitrogen and oxygen atoms in total. The van der Waals surface area contributed by atoms with Crippen molar-refractivity contribution in [3.63, 3.8) is 0 Å². The fourth-order valence-electron chi connectivity index (χ4n) is 1.41. The summed E-state index contributed by atoms with van der Waals surface area (Å²) in [5.74, 6) is 0. The van der Waals surface area contributed by atoms with Crippen LogP contribution in [-0.4, -0.2) is 0 Å². The Kier molecular flexibility index (Phi) is 10.2. The van der Waals surface area contributed by atoms with Crippen molar-refractivity contribution in [2.75, 3.05) is 0 Å². The summed E-state index contributed by atoms with van der Waals surface area (Å²) < 4.78 is 0. The summed E-state index contributed by atoms with van der Waals surface area (Å²) in [5.41, 5.74) is 4.03. The largest absolute Gasteiger partial charge is 3.00 e. The fourth-order valence-corrected chi connectivity index (χ4v) is 1.41. The van der Waals surface area contributed by atoms with Crippen LogP contribution in [0.15, 0.2) is 72.8 Å². The van der Waals surface area contributed by atoms with Gasteiger partial charge in [-0.25, -0.2) is 36.4 Å². The van der Waals surface area contributed by atoms with E-state index < -0.39 is 0 Å². The second kappa shape index (κ2) is 10.8. The van der Waals surface area contributed by atoms with E-state index in [9.17, 15) is 0 Å². The zero-order valence-electron chi connectivity index (χ0n) is 11.9. The summed E-state index contributed by atoms with van der Waals surface area (Å²) in [6.07, 6.45) is 0. The van der Waals surface area contributed by atoms with E-state index >= 15 is 0 Å². The standard InChI is InChI=1S/3C6H7.Zr/c3*1-6-4-2-3-5-6;/h3*2-5H,1H3;/q3*-1;+3. The molecule has 0 aromatic heterocycles. The van der Waals surface area contributed by atoms with Gasteiger partial charge in [0.2, 0.25) is 0 Å². The van der Waals surface area contributed by atoms with Crippen molar-refractivity contribution in [1.82, 2.24) is 0 Å². The third-order valence-corrected chi connectivity index (χ3v) is 2.49. The first-order valence-corrected chi connectivity index (χ1v) is 6.23. The van der Waals surface area contributed by atoms with Gasteiger partial charge in [-0.3, -0.25) is 0 Å². The first kappa shape index (κ1) is 17.9. The molecule has 0 fully saturated rings. The molecule has 0 amide bonds. The third-order valence-electron chi connectivity index (χ3n) is 2.49.